The summed E-state index contributed by atoms with van der Waals surface area (Å²) >= 11 is 0. The molecule has 0 aliphatic carbocycles. The van der Waals surface area contributed by atoms with Crippen molar-refractivity contribution >= 4 is 27.8 Å². The summed E-state index contributed by atoms with van der Waals surface area (Å²) in [5, 5.41) is 4.26. The molecule has 2 N–H and O–H groups in total. The van der Waals surface area contributed by atoms with Crippen LogP contribution in [0.1, 0.15) is 18.3 Å². The average molecular weight is 346 g/mol. The van der Waals surface area contributed by atoms with Gasteiger partial charge in [-0.05, 0) is 30.2 Å². The number of aryl methyl sites for hydroxylation is 1. The second-order valence-corrected chi connectivity index (χ2v) is 6.42. The van der Waals surface area contributed by atoms with E-state index in [-0.39, 0.29) is 5.91 Å². The number of hydrogen-bond acceptors (Lipinski definition) is 2. The highest BCUT2D eigenvalue weighted by atomic mass is 16.1. The minimum absolute atomic E-state index is 0.0164. The number of carbonyl (C=O) groups is 1. The Morgan fingerprint density at radius 2 is 1.96 bits per heavy atom. The monoisotopic (exact) mass is 346 g/mol. The van der Waals surface area contributed by atoms with Crippen LogP contribution in [0, 0.1) is 0 Å². The van der Waals surface area contributed by atoms with E-state index in [0.717, 1.165) is 35.2 Å². The van der Waals surface area contributed by atoms with Gasteiger partial charge in [0.15, 0.2) is 0 Å². The van der Waals surface area contributed by atoms with Crippen LogP contribution in [0.2, 0.25) is 0 Å². The van der Waals surface area contributed by atoms with Gasteiger partial charge in [-0.15, -0.1) is 0 Å². The maximum absolute atomic E-state index is 12.4. The molecule has 0 aliphatic rings. The molecule has 5 nitrogen and oxygen atoms in total. The third-order valence-corrected chi connectivity index (χ3v) is 4.74. The molecule has 0 atom stereocenters. The van der Waals surface area contributed by atoms with Gasteiger partial charge in [-0.2, -0.15) is 0 Å². The van der Waals surface area contributed by atoms with Gasteiger partial charge in [-0.25, -0.2) is 4.98 Å². The quantitative estimate of drug-likeness (QED) is 0.562. The van der Waals surface area contributed by atoms with Crippen LogP contribution in [-0.2, 0) is 24.2 Å². The Balaban J connectivity index is 1.42. The summed E-state index contributed by atoms with van der Waals surface area (Å²) in [4.78, 5) is 20.3. The third-order valence-electron chi connectivity index (χ3n) is 4.74. The van der Waals surface area contributed by atoms with E-state index in [9.17, 15) is 4.79 Å². The Morgan fingerprint density at radius 3 is 2.85 bits per heavy atom. The van der Waals surface area contributed by atoms with Crippen LogP contribution in [0.4, 0.5) is 0 Å². The van der Waals surface area contributed by atoms with Crippen molar-refractivity contribution in [3.8, 4) is 0 Å². The summed E-state index contributed by atoms with van der Waals surface area (Å²) in [6, 6.07) is 16.2. The molecule has 5 heteroatoms. The van der Waals surface area contributed by atoms with Crippen LogP contribution in [0.15, 0.2) is 54.7 Å². The predicted octanol–water partition coefficient (Wildman–Crippen LogP) is 3.44. The maximum Gasteiger partial charge on any atom is 0.240 e. The van der Waals surface area contributed by atoms with E-state index in [0.29, 0.717) is 13.1 Å². The van der Waals surface area contributed by atoms with Crippen LogP contribution < -0.4 is 5.32 Å². The fraction of sp³-hybridized carbons (Fsp3) is 0.238. The first-order valence-electron chi connectivity index (χ1n) is 9.02. The fourth-order valence-electron chi connectivity index (χ4n) is 3.45. The molecule has 0 saturated heterocycles. The van der Waals surface area contributed by atoms with Crippen LogP contribution in [-0.4, -0.2) is 27.0 Å². The number of imidazole rings is 1. The van der Waals surface area contributed by atoms with Gasteiger partial charge in [-0.1, -0.05) is 37.3 Å². The standard InChI is InChI=1S/C21H22N4O/c1-2-20-24-18-9-5-6-10-19(18)25(20)14-21(26)22-12-11-15-13-23-17-8-4-3-7-16(15)17/h3-10,13,23H,2,11-12,14H2,1H3,(H,22,26). The van der Waals surface area contributed by atoms with Gasteiger partial charge in [0, 0.05) is 30.1 Å². The molecule has 0 aliphatic heterocycles. The Kier molecular flexibility index (Phi) is 4.44. The highest BCUT2D eigenvalue weighted by Crippen LogP contribution is 2.18. The summed E-state index contributed by atoms with van der Waals surface area (Å²) in [5.41, 5.74) is 4.31. The number of hydrogen-bond donors (Lipinski definition) is 2. The summed E-state index contributed by atoms with van der Waals surface area (Å²) in [7, 11) is 0. The molecule has 26 heavy (non-hydrogen) atoms. The predicted molar refractivity (Wildman–Crippen MR) is 104 cm³/mol. The second kappa shape index (κ2) is 7.04. The van der Waals surface area contributed by atoms with Crippen LogP contribution >= 0.6 is 0 Å². The molecule has 132 valence electrons. The number of fused-ring (bicyclic) bond motifs is 2. The fourth-order valence-corrected chi connectivity index (χ4v) is 3.45. The number of benzene rings is 2. The minimum atomic E-state index is 0.0164. The first-order valence-corrected chi connectivity index (χ1v) is 9.02. The van der Waals surface area contributed by atoms with Crippen molar-refractivity contribution in [1.82, 2.24) is 19.9 Å². The molecule has 4 aromatic rings. The van der Waals surface area contributed by atoms with Gasteiger partial charge in [0.05, 0.1) is 11.0 Å². The molecule has 0 unspecified atom stereocenters. The van der Waals surface area contributed by atoms with Crippen LogP contribution in [0.5, 0.6) is 0 Å². The highest BCUT2D eigenvalue weighted by molar-refractivity contribution is 5.83. The van der Waals surface area contributed by atoms with Gasteiger partial charge in [-0.3, -0.25) is 4.79 Å². The Morgan fingerprint density at radius 1 is 1.15 bits per heavy atom. The van der Waals surface area contributed by atoms with E-state index in [4.69, 9.17) is 0 Å². The molecule has 4 rings (SSSR count). The van der Waals surface area contributed by atoms with Crippen molar-refractivity contribution in [3.63, 3.8) is 0 Å². The number of H-pyrrole nitrogens is 1. The van der Waals surface area contributed by atoms with Crippen LogP contribution in [0.25, 0.3) is 21.9 Å². The van der Waals surface area contributed by atoms with E-state index in [1.165, 1.54) is 10.9 Å². The molecule has 1 amide bonds. The van der Waals surface area contributed by atoms with E-state index in [1.54, 1.807) is 0 Å². The van der Waals surface area contributed by atoms with Crippen LogP contribution in [0.3, 0.4) is 0 Å². The van der Waals surface area contributed by atoms with Crippen molar-refractivity contribution in [2.24, 2.45) is 0 Å². The van der Waals surface area contributed by atoms with E-state index in [1.807, 2.05) is 47.2 Å². The molecular weight excluding hydrogens is 324 g/mol. The lowest BCUT2D eigenvalue weighted by Gasteiger charge is -2.09. The van der Waals surface area contributed by atoms with Crippen molar-refractivity contribution in [3.05, 3.63) is 66.1 Å². The first-order chi connectivity index (χ1) is 12.8. The summed E-state index contributed by atoms with van der Waals surface area (Å²) in [5.74, 6) is 0.959. The Labute approximate surface area is 152 Å². The largest absolute Gasteiger partial charge is 0.361 e. The number of nitrogens with zero attached hydrogens (tertiary/aromatic N) is 2. The van der Waals surface area contributed by atoms with E-state index in [2.05, 4.69) is 34.3 Å². The lowest BCUT2D eigenvalue weighted by molar-refractivity contribution is -0.121. The number of para-hydroxylation sites is 3. The molecule has 0 bridgehead atoms. The van der Waals surface area contributed by atoms with E-state index < -0.39 is 0 Å². The SMILES string of the molecule is CCc1nc2ccccc2n1CC(=O)NCCc1c[nH]c2ccccc12. The van der Waals surface area contributed by atoms with Crippen molar-refractivity contribution in [2.45, 2.75) is 26.3 Å². The molecule has 0 saturated carbocycles. The van der Waals surface area contributed by atoms with Crippen molar-refractivity contribution in [2.75, 3.05) is 6.54 Å². The van der Waals surface area contributed by atoms with Gasteiger partial charge in [0.1, 0.15) is 12.4 Å². The Bertz CT molecular complexity index is 1060. The molecule has 0 spiro atoms. The number of nitrogens with one attached hydrogen (secondary N) is 2. The number of rotatable bonds is 6. The Hall–Kier alpha value is -3.08. The van der Waals surface area contributed by atoms with Gasteiger partial charge in [0.2, 0.25) is 5.91 Å². The van der Waals surface area contributed by atoms with E-state index >= 15 is 0 Å². The zero-order valence-electron chi connectivity index (χ0n) is 14.8. The average Bonchev–Trinajstić information content (AvgIpc) is 3.24. The molecule has 2 heterocycles. The zero-order chi connectivity index (χ0) is 17.9. The lowest BCUT2D eigenvalue weighted by Crippen LogP contribution is -2.29. The van der Waals surface area contributed by atoms with Gasteiger partial charge < -0.3 is 14.9 Å². The summed E-state index contributed by atoms with van der Waals surface area (Å²) in [6.07, 6.45) is 3.63. The van der Waals surface area contributed by atoms with Crippen molar-refractivity contribution in [1.29, 1.82) is 0 Å². The van der Waals surface area contributed by atoms with Gasteiger partial charge >= 0.3 is 0 Å². The number of amides is 1. The topological polar surface area (TPSA) is 62.7 Å². The molecular formula is C21H22N4O. The van der Waals surface area contributed by atoms with Crippen molar-refractivity contribution < 1.29 is 4.79 Å². The third kappa shape index (κ3) is 3.08. The first kappa shape index (κ1) is 16.4. The second-order valence-electron chi connectivity index (χ2n) is 6.42. The molecule has 2 aromatic carbocycles. The number of aromatic nitrogens is 3. The normalized spacial score (nSPS) is 11.3. The molecule has 2 aromatic heterocycles. The molecule has 0 radical (unpaired) electrons. The maximum atomic E-state index is 12.4. The summed E-state index contributed by atoms with van der Waals surface area (Å²) in [6.45, 7) is 2.99. The minimum Gasteiger partial charge on any atom is -0.361 e. The lowest BCUT2D eigenvalue weighted by atomic mass is 10.1. The number of aromatic amines is 1. The summed E-state index contributed by atoms with van der Waals surface area (Å²) < 4.78 is 2.01. The number of carbonyl (C=O) groups excluding carboxylic acids is 1. The van der Waals surface area contributed by atoms with Gasteiger partial charge in [0.25, 0.3) is 0 Å². The smallest absolute Gasteiger partial charge is 0.240 e. The highest BCUT2D eigenvalue weighted by Gasteiger charge is 2.12. The molecule has 0 fully saturated rings. The zero-order valence-corrected chi connectivity index (χ0v) is 14.8.